The Hall–Kier alpha value is -3.28. The second-order valence-corrected chi connectivity index (χ2v) is 8.25. The summed E-state index contributed by atoms with van der Waals surface area (Å²) in [6.45, 7) is 2.22. The molecule has 168 valence electrons. The summed E-state index contributed by atoms with van der Waals surface area (Å²) in [5, 5.41) is 0. The van der Waals surface area contributed by atoms with Gasteiger partial charge < -0.3 is 0 Å². The largest absolute Gasteiger partial charge is 2.00 e. The zero-order valence-electron chi connectivity index (χ0n) is 19.2. The van der Waals surface area contributed by atoms with Gasteiger partial charge in [-0.05, 0) is 51.4 Å². The van der Waals surface area contributed by atoms with Gasteiger partial charge in [0.05, 0.1) is 0 Å². The molecule has 0 bridgehead atoms. The molecule has 4 aromatic carbocycles. The molecule has 1 nitrogen and oxygen atoms in total. The third kappa shape index (κ3) is 4.81. The summed E-state index contributed by atoms with van der Waals surface area (Å²) in [4.78, 5) is 4.87. The van der Waals surface area contributed by atoms with E-state index in [-0.39, 0.29) is 21.1 Å². The Balaban J connectivity index is 0.00000274. The third-order valence-corrected chi connectivity index (χ3v) is 6.10. The van der Waals surface area contributed by atoms with Crippen molar-refractivity contribution in [3.05, 3.63) is 127 Å². The molecule has 0 fully saturated rings. The van der Waals surface area contributed by atoms with Gasteiger partial charge in [0, 0.05) is 17.5 Å². The van der Waals surface area contributed by atoms with E-state index in [4.69, 9.17) is 4.98 Å². The summed E-state index contributed by atoms with van der Waals surface area (Å²) in [5.41, 5.74) is 11.0. The van der Waals surface area contributed by atoms with Crippen LogP contribution in [0, 0.1) is 0 Å². The van der Waals surface area contributed by atoms with Gasteiger partial charge in [0.1, 0.15) is 0 Å². The second-order valence-electron chi connectivity index (χ2n) is 8.25. The number of nitrogens with zero attached hydrogens (tertiary/aromatic N) is 1. The Morgan fingerprint density at radius 1 is 0.500 bits per heavy atom. The van der Waals surface area contributed by atoms with E-state index < -0.39 is 0 Å². The van der Waals surface area contributed by atoms with E-state index >= 15 is 0 Å². The van der Waals surface area contributed by atoms with Crippen molar-refractivity contribution in [2.24, 2.45) is 0 Å². The van der Waals surface area contributed by atoms with Gasteiger partial charge >= 0.3 is 21.1 Å². The Morgan fingerprint density at radius 2 is 0.971 bits per heavy atom. The number of hydrogen-bond acceptors (Lipinski definition) is 1. The molecule has 1 aromatic heterocycles. The molecule has 0 amide bonds. The number of benzene rings is 4. The summed E-state index contributed by atoms with van der Waals surface area (Å²) in [7, 11) is 0. The van der Waals surface area contributed by atoms with Crippen LogP contribution in [0.1, 0.15) is 19.0 Å². The van der Waals surface area contributed by atoms with Gasteiger partial charge in [0.15, 0.2) is 0 Å². The molecule has 0 spiro atoms. The topological polar surface area (TPSA) is 12.9 Å². The molecule has 5 aromatic rings. The monoisotopic (exact) mass is 620 g/mol. The maximum Gasteiger partial charge on any atom is 2.00 e. The minimum absolute atomic E-state index is 0. The van der Waals surface area contributed by atoms with Crippen LogP contribution in [-0.4, -0.2) is 4.98 Å². The normalized spacial score (nSPS) is 10.5. The number of aryl methyl sites for hydroxylation is 1. The first-order chi connectivity index (χ1) is 16.4. The van der Waals surface area contributed by atoms with Crippen LogP contribution < -0.4 is 0 Å². The summed E-state index contributed by atoms with van der Waals surface area (Å²) in [5.74, 6) is 0. The molecule has 0 N–H and O–H groups in total. The fourth-order valence-corrected chi connectivity index (χ4v) is 4.61. The molecule has 5 rings (SSSR count). The van der Waals surface area contributed by atoms with Crippen LogP contribution in [0.5, 0.6) is 0 Å². The molecule has 0 aliphatic carbocycles. The first-order valence-corrected chi connectivity index (χ1v) is 11.6. The molecule has 0 aliphatic heterocycles. The van der Waals surface area contributed by atoms with Crippen LogP contribution in [0.15, 0.2) is 121 Å². The molecule has 0 saturated heterocycles. The van der Waals surface area contributed by atoms with E-state index in [2.05, 4.69) is 122 Å². The number of hydrogen-bond donors (Lipinski definition) is 0. The quantitative estimate of drug-likeness (QED) is 0.185. The summed E-state index contributed by atoms with van der Waals surface area (Å²) < 4.78 is 0. The molecule has 2 heteroatoms. The van der Waals surface area contributed by atoms with E-state index in [0.717, 1.165) is 18.5 Å². The van der Waals surface area contributed by atoms with Crippen LogP contribution in [0.25, 0.3) is 44.5 Å². The first kappa shape index (κ1) is 23.9. The smallest absolute Gasteiger partial charge is 0.261 e. The van der Waals surface area contributed by atoms with Gasteiger partial charge in [-0.25, -0.2) is 0 Å². The van der Waals surface area contributed by atoms with Crippen molar-refractivity contribution in [2.75, 3.05) is 0 Å². The summed E-state index contributed by atoms with van der Waals surface area (Å²) in [6, 6.07) is 40.9. The zero-order chi connectivity index (χ0) is 22.5. The van der Waals surface area contributed by atoms with E-state index in [0.29, 0.717) is 0 Å². The van der Waals surface area contributed by atoms with E-state index in [1.54, 1.807) is 0 Å². The Labute approximate surface area is 216 Å². The van der Waals surface area contributed by atoms with Crippen LogP contribution >= 0.6 is 0 Å². The van der Waals surface area contributed by atoms with Crippen LogP contribution in [0.2, 0.25) is 0 Å². The number of rotatable bonds is 6. The molecule has 0 saturated carbocycles. The molecule has 0 atom stereocenters. The van der Waals surface area contributed by atoms with Gasteiger partial charge in [-0.2, -0.15) is 0 Å². The fraction of sp³-hybridized carbons (Fsp3) is 0.0938. The SMILES string of the molecule is CCCc1nccc(-c2ccccc2-c2ccccc2)c1-c1ccccc1-c1ccccc1.[Pt+2]. The maximum atomic E-state index is 4.87. The van der Waals surface area contributed by atoms with Crippen molar-refractivity contribution < 1.29 is 21.1 Å². The van der Waals surface area contributed by atoms with Crippen molar-refractivity contribution in [1.29, 1.82) is 0 Å². The first-order valence-electron chi connectivity index (χ1n) is 11.6. The Bertz CT molecular complexity index is 1360. The molecule has 34 heavy (non-hydrogen) atoms. The van der Waals surface area contributed by atoms with Crippen molar-refractivity contribution >= 4 is 0 Å². The Kier molecular flexibility index (Phi) is 7.88. The van der Waals surface area contributed by atoms with Gasteiger partial charge in [0.25, 0.3) is 0 Å². The summed E-state index contributed by atoms with van der Waals surface area (Å²) >= 11 is 0. The molecule has 0 unspecified atom stereocenters. The van der Waals surface area contributed by atoms with Crippen molar-refractivity contribution in [2.45, 2.75) is 19.8 Å². The minimum atomic E-state index is 0. The van der Waals surface area contributed by atoms with Crippen molar-refractivity contribution in [3.63, 3.8) is 0 Å². The van der Waals surface area contributed by atoms with E-state index in [1.807, 2.05) is 6.20 Å². The third-order valence-electron chi connectivity index (χ3n) is 6.10. The predicted molar refractivity (Wildman–Crippen MR) is 140 cm³/mol. The fourth-order valence-electron chi connectivity index (χ4n) is 4.61. The minimum Gasteiger partial charge on any atom is -0.261 e. The number of pyridine rings is 1. The molecular formula is C32H27NPt+2. The maximum absolute atomic E-state index is 4.87. The number of aromatic nitrogens is 1. The zero-order valence-corrected chi connectivity index (χ0v) is 21.5. The summed E-state index contributed by atoms with van der Waals surface area (Å²) in [6.07, 6.45) is 3.97. The van der Waals surface area contributed by atoms with E-state index in [1.165, 1.54) is 44.5 Å². The molecular weight excluding hydrogens is 593 g/mol. The van der Waals surface area contributed by atoms with Crippen molar-refractivity contribution in [1.82, 2.24) is 4.98 Å². The van der Waals surface area contributed by atoms with Gasteiger partial charge in [-0.1, -0.05) is 123 Å². The van der Waals surface area contributed by atoms with Crippen LogP contribution in [0.4, 0.5) is 0 Å². The average Bonchev–Trinajstić information content (AvgIpc) is 2.90. The predicted octanol–water partition coefficient (Wildman–Crippen LogP) is 8.70. The van der Waals surface area contributed by atoms with Crippen molar-refractivity contribution in [3.8, 4) is 44.5 Å². The Morgan fingerprint density at radius 3 is 1.53 bits per heavy atom. The van der Waals surface area contributed by atoms with E-state index in [9.17, 15) is 0 Å². The standard InChI is InChI=1S/C32H27N.Pt/c1-2-13-31-32(29-21-12-10-19-27(29)25-16-7-4-8-17-25)30(22-23-33-31)28-20-11-9-18-26(28)24-14-5-3-6-15-24;/h3-12,14-23H,2,13H2,1H3;/q;+2. The molecule has 0 aliphatic rings. The van der Waals surface area contributed by atoms with Crippen LogP contribution in [0.3, 0.4) is 0 Å². The molecule has 0 radical (unpaired) electrons. The van der Waals surface area contributed by atoms with Gasteiger partial charge in [-0.3, -0.25) is 4.98 Å². The van der Waals surface area contributed by atoms with Gasteiger partial charge in [0.2, 0.25) is 0 Å². The van der Waals surface area contributed by atoms with Gasteiger partial charge in [-0.15, -0.1) is 0 Å². The van der Waals surface area contributed by atoms with Crippen LogP contribution in [-0.2, 0) is 27.5 Å². The second kappa shape index (κ2) is 11.2. The average molecular weight is 621 g/mol. The molecule has 1 heterocycles.